The summed E-state index contributed by atoms with van der Waals surface area (Å²) in [6.07, 6.45) is 1.91. The highest BCUT2D eigenvalue weighted by atomic mass is 32.2. The van der Waals surface area contributed by atoms with Crippen LogP contribution in [0.2, 0.25) is 0 Å². The molecular formula is C6H10O4S. The first-order valence-corrected chi connectivity index (χ1v) is 4.29. The van der Waals surface area contributed by atoms with Gasteiger partial charge in [0, 0.05) is 13.5 Å². The number of rotatable bonds is 1. The van der Waals surface area contributed by atoms with Crippen molar-refractivity contribution >= 4 is 12.0 Å². The minimum absolute atomic E-state index is 0.236. The van der Waals surface area contributed by atoms with Gasteiger partial charge in [-0.2, -0.15) is 9.22 Å². The molecule has 0 aromatic rings. The van der Waals surface area contributed by atoms with E-state index in [0.29, 0.717) is 6.61 Å². The first-order chi connectivity index (χ1) is 5.35. The molecule has 4 nitrogen and oxygen atoms in total. The molecule has 0 aromatic carbocycles. The van der Waals surface area contributed by atoms with Crippen LogP contribution >= 0.6 is 12.0 Å². The summed E-state index contributed by atoms with van der Waals surface area (Å²) in [5.74, 6) is 0. The van der Waals surface area contributed by atoms with Crippen molar-refractivity contribution in [3.8, 4) is 0 Å². The van der Waals surface area contributed by atoms with Gasteiger partial charge in [0.15, 0.2) is 0 Å². The molecule has 2 aliphatic rings. The Kier molecular flexibility index (Phi) is 2.07. The Hall–Kier alpha value is 0.190. The maximum absolute atomic E-state index is 5.37. The average molecular weight is 178 g/mol. The molecule has 2 fully saturated rings. The van der Waals surface area contributed by atoms with Crippen LogP contribution in [0, 0.1) is 0 Å². The predicted octanol–water partition coefficient (Wildman–Crippen LogP) is 1.08. The molecule has 1 spiro atoms. The van der Waals surface area contributed by atoms with Crippen molar-refractivity contribution in [1.82, 2.24) is 0 Å². The van der Waals surface area contributed by atoms with E-state index >= 15 is 0 Å². The molecule has 0 saturated carbocycles. The van der Waals surface area contributed by atoms with Gasteiger partial charge in [0.25, 0.3) is 5.12 Å². The quantitative estimate of drug-likeness (QED) is 0.443. The monoisotopic (exact) mass is 178 g/mol. The van der Waals surface area contributed by atoms with Gasteiger partial charge in [-0.15, -0.1) is 0 Å². The maximum Gasteiger partial charge on any atom is 0.281 e. The first-order valence-electron chi connectivity index (χ1n) is 3.55. The SMILES string of the molecule is COC1CCOC2(C1)OOS2. The van der Waals surface area contributed by atoms with Crippen molar-refractivity contribution < 1.29 is 18.7 Å². The second-order valence-electron chi connectivity index (χ2n) is 2.62. The lowest BCUT2D eigenvalue weighted by molar-refractivity contribution is -0.392. The van der Waals surface area contributed by atoms with Crippen LogP contribution in [0.15, 0.2) is 0 Å². The topological polar surface area (TPSA) is 36.9 Å². The zero-order chi connectivity index (χ0) is 7.73. The Morgan fingerprint density at radius 3 is 3.00 bits per heavy atom. The van der Waals surface area contributed by atoms with Crippen LogP contribution in [-0.2, 0) is 18.7 Å². The van der Waals surface area contributed by atoms with Crippen molar-refractivity contribution in [2.24, 2.45) is 0 Å². The molecule has 2 saturated heterocycles. The number of methoxy groups -OCH3 is 1. The minimum atomic E-state index is -0.557. The number of hydrogen-bond donors (Lipinski definition) is 0. The lowest BCUT2D eigenvalue weighted by atomic mass is 10.1. The zero-order valence-corrected chi connectivity index (χ0v) is 7.06. The van der Waals surface area contributed by atoms with Gasteiger partial charge in [-0.05, 0) is 6.42 Å². The molecular weight excluding hydrogens is 168 g/mol. The van der Waals surface area contributed by atoms with Gasteiger partial charge in [0.1, 0.15) is 12.0 Å². The van der Waals surface area contributed by atoms with Gasteiger partial charge in [-0.3, -0.25) is 0 Å². The number of ether oxygens (including phenoxy) is 2. The van der Waals surface area contributed by atoms with E-state index < -0.39 is 5.12 Å². The minimum Gasteiger partial charge on any atom is -0.381 e. The highest BCUT2D eigenvalue weighted by Crippen LogP contribution is 2.46. The van der Waals surface area contributed by atoms with Crippen LogP contribution in [0.4, 0.5) is 0 Å². The Labute approximate surface area is 69.3 Å². The standard InChI is InChI=1S/C6H10O4S/c1-7-5-2-3-8-6(4-5)9-10-11-6/h5H,2-4H2,1H3. The van der Waals surface area contributed by atoms with Crippen molar-refractivity contribution in [2.45, 2.75) is 24.1 Å². The first kappa shape index (κ1) is 7.82. The molecule has 5 heteroatoms. The molecule has 11 heavy (non-hydrogen) atoms. The summed E-state index contributed by atoms with van der Waals surface area (Å²) in [5.41, 5.74) is 0. The third-order valence-corrected chi connectivity index (χ3v) is 2.64. The molecule has 0 N–H and O–H groups in total. The summed E-state index contributed by atoms with van der Waals surface area (Å²) in [6, 6.07) is 0. The van der Waals surface area contributed by atoms with Crippen LogP contribution in [0.25, 0.3) is 0 Å². The van der Waals surface area contributed by atoms with Crippen molar-refractivity contribution in [1.29, 1.82) is 0 Å². The molecule has 2 heterocycles. The van der Waals surface area contributed by atoms with Crippen LogP contribution in [0.3, 0.4) is 0 Å². The van der Waals surface area contributed by atoms with E-state index in [1.54, 1.807) is 7.11 Å². The van der Waals surface area contributed by atoms with Crippen molar-refractivity contribution in [3.63, 3.8) is 0 Å². The zero-order valence-electron chi connectivity index (χ0n) is 6.24. The summed E-state index contributed by atoms with van der Waals surface area (Å²) in [7, 11) is 1.70. The Bertz CT molecular complexity index is 148. The van der Waals surface area contributed by atoms with Gasteiger partial charge in [0.05, 0.1) is 12.7 Å². The fraction of sp³-hybridized carbons (Fsp3) is 1.00. The lowest BCUT2D eigenvalue weighted by Gasteiger charge is -2.41. The van der Waals surface area contributed by atoms with Crippen LogP contribution in [0.1, 0.15) is 12.8 Å². The van der Waals surface area contributed by atoms with Crippen LogP contribution < -0.4 is 0 Å². The maximum atomic E-state index is 5.37. The summed E-state index contributed by atoms with van der Waals surface area (Å²) in [6.45, 7) is 0.675. The largest absolute Gasteiger partial charge is 0.381 e. The molecule has 0 amide bonds. The Morgan fingerprint density at radius 2 is 2.45 bits per heavy atom. The van der Waals surface area contributed by atoms with E-state index in [4.69, 9.17) is 14.4 Å². The summed E-state index contributed by atoms with van der Waals surface area (Å²) < 4.78 is 15.1. The third kappa shape index (κ3) is 1.39. The fourth-order valence-corrected chi connectivity index (χ4v) is 1.82. The van der Waals surface area contributed by atoms with E-state index in [1.807, 2.05) is 0 Å². The second-order valence-corrected chi connectivity index (χ2v) is 3.54. The summed E-state index contributed by atoms with van der Waals surface area (Å²) in [4.78, 5) is 4.85. The molecule has 2 unspecified atom stereocenters. The Balaban J connectivity index is 1.92. The third-order valence-electron chi connectivity index (χ3n) is 1.89. The van der Waals surface area contributed by atoms with Crippen LogP contribution in [0.5, 0.6) is 0 Å². The average Bonchev–Trinajstić information content (AvgIpc) is 2.02. The van der Waals surface area contributed by atoms with Gasteiger partial charge in [-0.25, -0.2) is 0 Å². The summed E-state index contributed by atoms with van der Waals surface area (Å²) in [5, 5.41) is -0.557. The highest BCUT2D eigenvalue weighted by molar-refractivity contribution is 7.96. The molecule has 0 radical (unpaired) electrons. The van der Waals surface area contributed by atoms with Crippen molar-refractivity contribution in [3.05, 3.63) is 0 Å². The lowest BCUT2D eigenvalue weighted by Crippen LogP contribution is -2.46. The molecule has 0 aromatic heterocycles. The van der Waals surface area contributed by atoms with Gasteiger partial charge in [-0.1, -0.05) is 0 Å². The molecule has 64 valence electrons. The van der Waals surface area contributed by atoms with Gasteiger partial charge < -0.3 is 9.47 Å². The van der Waals surface area contributed by atoms with Crippen LogP contribution in [-0.4, -0.2) is 24.9 Å². The normalized spacial score (nSPS) is 43.9. The van der Waals surface area contributed by atoms with E-state index in [1.165, 1.54) is 12.0 Å². The van der Waals surface area contributed by atoms with E-state index in [-0.39, 0.29) is 6.10 Å². The van der Waals surface area contributed by atoms with Gasteiger partial charge >= 0.3 is 0 Å². The second kappa shape index (κ2) is 2.91. The van der Waals surface area contributed by atoms with E-state index in [2.05, 4.69) is 4.33 Å². The van der Waals surface area contributed by atoms with E-state index in [9.17, 15) is 0 Å². The number of hydrogen-bond acceptors (Lipinski definition) is 5. The summed E-state index contributed by atoms with van der Waals surface area (Å²) >= 11 is 1.22. The molecule has 0 bridgehead atoms. The van der Waals surface area contributed by atoms with Gasteiger partial charge in [0.2, 0.25) is 0 Å². The highest BCUT2D eigenvalue weighted by Gasteiger charge is 2.49. The molecule has 2 atom stereocenters. The molecule has 2 aliphatic heterocycles. The predicted molar refractivity (Wildman–Crippen MR) is 38.5 cm³/mol. The molecule has 0 aliphatic carbocycles. The smallest absolute Gasteiger partial charge is 0.281 e. The Morgan fingerprint density at radius 1 is 1.64 bits per heavy atom. The molecule has 2 rings (SSSR count). The van der Waals surface area contributed by atoms with Crippen molar-refractivity contribution in [2.75, 3.05) is 13.7 Å². The fourth-order valence-electron chi connectivity index (χ4n) is 1.21. The van der Waals surface area contributed by atoms with E-state index in [0.717, 1.165) is 12.8 Å².